The van der Waals surface area contributed by atoms with Crippen molar-refractivity contribution in [3.05, 3.63) is 102 Å². The molecule has 6 N–H and O–H groups in total. The third-order valence-corrected chi connectivity index (χ3v) is 5.68. The van der Waals surface area contributed by atoms with Crippen LogP contribution in [0.15, 0.2) is 90.1 Å². The number of hydrogen-bond acceptors (Lipinski definition) is 5. The molecule has 3 aromatic carbocycles. The first-order valence-electron chi connectivity index (χ1n) is 12.3. The lowest BCUT2D eigenvalue weighted by Gasteiger charge is -2.15. The van der Waals surface area contributed by atoms with Gasteiger partial charge in [-0.25, -0.2) is 9.37 Å². The quantitative estimate of drug-likeness (QED) is 0.122. The number of hydrogen-bond donors (Lipinski definition) is 4. The fourth-order valence-corrected chi connectivity index (χ4v) is 3.71. The van der Waals surface area contributed by atoms with E-state index in [1.54, 1.807) is 54.7 Å². The maximum absolute atomic E-state index is 13.0. The molecule has 0 saturated heterocycles. The van der Waals surface area contributed by atoms with Crippen LogP contribution in [0, 0.1) is 5.82 Å². The van der Waals surface area contributed by atoms with Gasteiger partial charge in [0.15, 0.2) is 18.4 Å². The SMILES string of the molecule is NC(=O)c1ccc(NC(N)=Nc2ccc(-c3ccc(NC(=O)Cc4ccc(F)cc4)cc3)cn2)c(OCC(F)(F)F)c1. The number of nitrogens with two attached hydrogens (primary N) is 2. The molecule has 42 heavy (non-hydrogen) atoms. The van der Waals surface area contributed by atoms with Gasteiger partial charge in [-0.1, -0.05) is 24.3 Å². The Morgan fingerprint density at radius 2 is 1.57 bits per heavy atom. The Morgan fingerprint density at radius 3 is 2.19 bits per heavy atom. The number of nitrogens with zero attached hydrogens (tertiary/aromatic N) is 2. The van der Waals surface area contributed by atoms with Gasteiger partial charge in [-0.2, -0.15) is 18.2 Å². The van der Waals surface area contributed by atoms with Crippen molar-refractivity contribution in [2.45, 2.75) is 12.6 Å². The van der Waals surface area contributed by atoms with Crippen LogP contribution in [0.2, 0.25) is 0 Å². The van der Waals surface area contributed by atoms with Crippen molar-refractivity contribution in [3.8, 4) is 16.9 Å². The van der Waals surface area contributed by atoms with E-state index in [0.717, 1.165) is 17.2 Å². The van der Waals surface area contributed by atoms with E-state index in [2.05, 4.69) is 20.6 Å². The highest BCUT2D eigenvalue weighted by Gasteiger charge is 2.29. The van der Waals surface area contributed by atoms with Gasteiger partial charge in [-0.15, -0.1) is 0 Å². The number of nitrogens with one attached hydrogen (secondary N) is 2. The Bertz CT molecular complexity index is 1590. The van der Waals surface area contributed by atoms with Crippen LogP contribution in [0.4, 0.5) is 34.8 Å². The van der Waals surface area contributed by atoms with Gasteiger partial charge in [-0.3, -0.25) is 9.59 Å². The number of benzene rings is 3. The van der Waals surface area contributed by atoms with Crippen LogP contribution >= 0.6 is 0 Å². The normalized spacial score (nSPS) is 11.6. The molecule has 0 fully saturated rings. The molecule has 1 aromatic heterocycles. The summed E-state index contributed by atoms with van der Waals surface area (Å²) in [6.07, 6.45) is -2.95. The zero-order chi connectivity index (χ0) is 30.3. The van der Waals surface area contributed by atoms with E-state index < -0.39 is 18.7 Å². The van der Waals surface area contributed by atoms with Crippen LogP contribution in [0.5, 0.6) is 5.75 Å². The van der Waals surface area contributed by atoms with Gasteiger partial charge >= 0.3 is 6.18 Å². The predicted octanol–water partition coefficient (Wildman–Crippen LogP) is 5.17. The molecule has 0 bridgehead atoms. The number of aromatic nitrogens is 1. The maximum atomic E-state index is 13.0. The largest absolute Gasteiger partial charge is 0.482 e. The Labute approximate surface area is 237 Å². The molecule has 4 aromatic rings. The maximum Gasteiger partial charge on any atom is 0.422 e. The van der Waals surface area contributed by atoms with Gasteiger partial charge in [0.2, 0.25) is 11.8 Å². The van der Waals surface area contributed by atoms with Crippen LogP contribution in [-0.4, -0.2) is 35.5 Å². The summed E-state index contributed by atoms with van der Waals surface area (Å²) in [6.45, 7) is -1.59. The summed E-state index contributed by atoms with van der Waals surface area (Å²) in [5.74, 6) is -1.73. The molecular formula is C29H24F4N6O3. The summed E-state index contributed by atoms with van der Waals surface area (Å²) in [4.78, 5) is 32.1. The van der Waals surface area contributed by atoms with Crippen LogP contribution in [0.1, 0.15) is 15.9 Å². The second kappa shape index (κ2) is 12.8. The Morgan fingerprint density at radius 1 is 0.881 bits per heavy atom. The molecule has 0 aliphatic carbocycles. The summed E-state index contributed by atoms with van der Waals surface area (Å²) in [5, 5.41) is 5.43. The number of aliphatic imine (C=N–C) groups is 1. The molecule has 2 amide bonds. The van der Waals surface area contributed by atoms with Crippen LogP contribution in [0.25, 0.3) is 11.1 Å². The van der Waals surface area contributed by atoms with E-state index in [4.69, 9.17) is 16.2 Å². The molecule has 13 heteroatoms. The number of halogens is 4. The highest BCUT2D eigenvalue weighted by molar-refractivity contribution is 5.98. The molecule has 0 aliphatic heterocycles. The van der Waals surface area contributed by atoms with E-state index >= 15 is 0 Å². The van der Waals surface area contributed by atoms with E-state index in [1.165, 1.54) is 24.3 Å². The molecule has 0 atom stereocenters. The van der Waals surface area contributed by atoms with E-state index in [0.29, 0.717) is 11.3 Å². The van der Waals surface area contributed by atoms with Gasteiger partial charge in [0.05, 0.1) is 12.1 Å². The Hall–Kier alpha value is -5.46. The highest BCUT2D eigenvalue weighted by Crippen LogP contribution is 2.28. The average molecular weight is 581 g/mol. The second-order valence-corrected chi connectivity index (χ2v) is 8.93. The number of amides is 2. The first kappa shape index (κ1) is 29.5. The minimum absolute atomic E-state index is 0.0342. The minimum Gasteiger partial charge on any atom is -0.482 e. The molecule has 0 radical (unpaired) electrons. The number of anilines is 2. The number of carbonyl (C=O) groups excluding carboxylic acids is 2. The lowest BCUT2D eigenvalue weighted by molar-refractivity contribution is -0.153. The third-order valence-electron chi connectivity index (χ3n) is 5.68. The van der Waals surface area contributed by atoms with Gasteiger partial charge in [0.25, 0.3) is 0 Å². The van der Waals surface area contributed by atoms with Crippen molar-refractivity contribution in [2.75, 3.05) is 17.2 Å². The number of rotatable bonds is 9. The zero-order valence-electron chi connectivity index (χ0n) is 21.8. The van der Waals surface area contributed by atoms with Crippen LogP contribution < -0.4 is 26.8 Å². The zero-order valence-corrected chi connectivity index (χ0v) is 21.8. The minimum atomic E-state index is -4.61. The summed E-state index contributed by atoms with van der Waals surface area (Å²) in [6, 6.07) is 19.7. The van der Waals surface area contributed by atoms with E-state index in [9.17, 15) is 27.2 Å². The van der Waals surface area contributed by atoms with Crippen molar-refractivity contribution in [3.63, 3.8) is 0 Å². The van der Waals surface area contributed by atoms with Gasteiger partial charge in [-0.05, 0) is 65.7 Å². The van der Waals surface area contributed by atoms with Gasteiger partial charge < -0.3 is 26.8 Å². The first-order chi connectivity index (χ1) is 19.9. The standard InChI is InChI=1S/C29H24F4N6O3/c30-21-7-1-17(2-8-21)13-26(40)37-22-9-3-18(4-10-22)20-6-12-25(36-15-20)39-28(35)38-23-11-5-19(27(34)41)14-24(23)42-16-29(31,32)33/h1-12,14-15H,13,16H2,(H2,34,41)(H,37,40)(H3,35,36,38,39). The Kier molecular flexibility index (Phi) is 9.00. The van der Waals surface area contributed by atoms with Crippen molar-refractivity contribution in [2.24, 2.45) is 16.5 Å². The predicted molar refractivity (Wildman–Crippen MR) is 150 cm³/mol. The van der Waals surface area contributed by atoms with Crippen molar-refractivity contribution >= 4 is 35.0 Å². The number of primary amides is 1. The van der Waals surface area contributed by atoms with Crippen LogP contribution in [-0.2, 0) is 11.2 Å². The third kappa shape index (κ3) is 8.52. The van der Waals surface area contributed by atoms with Crippen molar-refractivity contribution in [1.82, 2.24) is 4.98 Å². The molecule has 4 rings (SSSR count). The summed E-state index contributed by atoms with van der Waals surface area (Å²) in [7, 11) is 0. The molecule has 0 aliphatic rings. The highest BCUT2D eigenvalue weighted by atomic mass is 19.4. The molecule has 0 unspecified atom stereocenters. The molecule has 9 nitrogen and oxygen atoms in total. The molecule has 1 heterocycles. The van der Waals surface area contributed by atoms with E-state index in [-0.39, 0.29) is 46.9 Å². The number of guanidine groups is 1. The summed E-state index contributed by atoms with van der Waals surface area (Å²) >= 11 is 0. The number of ether oxygens (including phenoxy) is 1. The molecule has 216 valence electrons. The van der Waals surface area contributed by atoms with Crippen molar-refractivity contribution in [1.29, 1.82) is 0 Å². The fraction of sp³-hybridized carbons (Fsp3) is 0.103. The first-order valence-corrected chi connectivity index (χ1v) is 12.3. The lowest BCUT2D eigenvalue weighted by Crippen LogP contribution is -2.24. The fourth-order valence-electron chi connectivity index (χ4n) is 3.71. The monoisotopic (exact) mass is 580 g/mol. The van der Waals surface area contributed by atoms with Gasteiger partial charge in [0.1, 0.15) is 11.6 Å². The van der Waals surface area contributed by atoms with Crippen LogP contribution in [0.3, 0.4) is 0 Å². The molecule has 0 spiro atoms. The van der Waals surface area contributed by atoms with Crippen molar-refractivity contribution < 1.29 is 31.9 Å². The smallest absolute Gasteiger partial charge is 0.422 e. The Balaban J connectivity index is 1.39. The number of alkyl halides is 3. The van der Waals surface area contributed by atoms with E-state index in [1.807, 2.05) is 0 Å². The second-order valence-electron chi connectivity index (χ2n) is 8.93. The summed E-state index contributed by atoms with van der Waals surface area (Å²) in [5.41, 5.74) is 13.9. The topological polar surface area (TPSA) is 145 Å². The number of pyridine rings is 1. The molecule has 0 saturated carbocycles. The summed E-state index contributed by atoms with van der Waals surface area (Å²) < 4.78 is 55.9. The number of carbonyl (C=O) groups is 2. The lowest BCUT2D eigenvalue weighted by atomic mass is 10.1. The van der Waals surface area contributed by atoms with Gasteiger partial charge in [0, 0.05) is 23.0 Å². The molecular weight excluding hydrogens is 556 g/mol. The average Bonchev–Trinajstić information content (AvgIpc) is 2.94.